The van der Waals surface area contributed by atoms with Gasteiger partial charge in [-0.15, -0.1) is 0 Å². The molecule has 0 unspecified atom stereocenters. The summed E-state index contributed by atoms with van der Waals surface area (Å²) < 4.78 is 4.66. The van der Waals surface area contributed by atoms with Crippen molar-refractivity contribution in [2.75, 3.05) is 12.4 Å². The summed E-state index contributed by atoms with van der Waals surface area (Å²) in [6.07, 6.45) is 4.00. The van der Waals surface area contributed by atoms with Crippen LogP contribution >= 0.6 is 11.8 Å². The van der Waals surface area contributed by atoms with Crippen LogP contribution in [0.5, 0.6) is 0 Å². The van der Waals surface area contributed by atoms with E-state index in [4.69, 9.17) is 0 Å². The fourth-order valence-corrected chi connectivity index (χ4v) is 0.700. The van der Waals surface area contributed by atoms with Crippen molar-refractivity contribution in [3.8, 4) is 0 Å². The van der Waals surface area contributed by atoms with E-state index in [0.29, 0.717) is 13.0 Å². The first-order valence-corrected chi connectivity index (χ1v) is 3.99. The molecule has 0 rings (SSSR count). The third-order valence-electron chi connectivity index (χ3n) is 0.756. The number of hydrogen-bond acceptors (Lipinski definition) is 3. The Labute approximate surface area is 60.0 Å². The standard InChI is InChI=1S/C6H11O2S/c1-3-8-6(7)4-5-9-2/h2-5H2,1H3. The Morgan fingerprint density at radius 2 is 2.44 bits per heavy atom. The molecule has 0 amide bonds. The van der Waals surface area contributed by atoms with Crippen LogP contribution in [0.25, 0.3) is 0 Å². The molecule has 53 valence electrons. The predicted molar refractivity (Wildman–Crippen MR) is 39.1 cm³/mol. The zero-order valence-corrected chi connectivity index (χ0v) is 6.37. The highest BCUT2D eigenvalue weighted by Crippen LogP contribution is 1.98. The highest BCUT2D eigenvalue weighted by Gasteiger charge is 1.97. The van der Waals surface area contributed by atoms with E-state index in [2.05, 4.69) is 11.0 Å². The van der Waals surface area contributed by atoms with Crippen LogP contribution in [0.3, 0.4) is 0 Å². The molecule has 2 nitrogen and oxygen atoms in total. The van der Waals surface area contributed by atoms with Crippen LogP contribution in [0.1, 0.15) is 13.3 Å². The van der Waals surface area contributed by atoms with Crippen molar-refractivity contribution in [2.24, 2.45) is 0 Å². The van der Waals surface area contributed by atoms with Crippen molar-refractivity contribution in [1.82, 2.24) is 0 Å². The molecule has 0 aliphatic heterocycles. The summed E-state index contributed by atoms with van der Waals surface area (Å²) >= 11 is 1.40. The zero-order valence-electron chi connectivity index (χ0n) is 5.55. The van der Waals surface area contributed by atoms with Crippen LogP contribution < -0.4 is 0 Å². The summed E-state index contributed by atoms with van der Waals surface area (Å²) in [5.41, 5.74) is 0. The number of ether oxygens (including phenoxy) is 1. The van der Waals surface area contributed by atoms with Crippen molar-refractivity contribution in [1.29, 1.82) is 0 Å². The Hall–Kier alpha value is -0.180. The Bertz CT molecular complexity index is 83.1. The molecule has 0 aromatic rings. The maximum absolute atomic E-state index is 10.5. The third-order valence-corrected chi connectivity index (χ3v) is 1.25. The first kappa shape index (κ1) is 8.82. The molecular weight excluding hydrogens is 136 g/mol. The van der Waals surface area contributed by atoms with Crippen molar-refractivity contribution >= 4 is 17.7 Å². The zero-order chi connectivity index (χ0) is 7.11. The van der Waals surface area contributed by atoms with E-state index in [-0.39, 0.29) is 5.97 Å². The number of rotatable bonds is 4. The molecule has 0 heterocycles. The van der Waals surface area contributed by atoms with Gasteiger partial charge in [0.1, 0.15) is 0 Å². The fraction of sp³-hybridized carbons (Fsp3) is 0.667. The molecule has 3 heteroatoms. The number of carbonyl (C=O) groups is 1. The van der Waals surface area contributed by atoms with Gasteiger partial charge in [-0.05, 0) is 6.92 Å². The van der Waals surface area contributed by atoms with E-state index >= 15 is 0 Å². The van der Waals surface area contributed by atoms with Gasteiger partial charge >= 0.3 is 5.97 Å². The minimum absolute atomic E-state index is 0.131. The minimum atomic E-state index is -0.131. The largest absolute Gasteiger partial charge is 0.466 e. The molecule has 0 aliphatic carbocycles. The summed E-state index contributed by atoms with van der Waals surface area (Å²) in [6, 6.07) is 0. The van der Waals surface area contributed by atoms with Gasteiger partial charge < -0.3 is 4.74 Å². The van der Waals surface area contributed by atoms with Crippen LogP contribution in [-0.2, 0) is 9.53 Å². The lowest BCUT2D eigenvalue weighted by atomic mass is 10.5. The van der Waals surface area contributed by atoms with Crippen molar-refractivity contribution < 1.29 is 9.53 Å². The topological polar surface area (TPSA) is 26.3 Å². The molecule has 1 radical (unpaired) electrons. The Morgan fingerprint density at radius 3 is 2.89 bits per heavy atom. The lowest BCUT2D eigenvalue weighted by Crippen LogP contribution is -2.04. The Morgan fingerprint density at radius 1 is 1.78 bits per heavy atom. The van der Waals surface area contributed by atoms with Crippen LogP contribution in [0, 0.1) is 6.26 Å². The van der Waals surface area contributed by atoms with Crippen molar-refractivity contribution in [2.45, 2.75) is 13.3 Å². The van der Waals surface area contributed by atoms with Gasteiger partial charge in [0.2, 0.25) is 0 Å². The summed E-state index contributed by atoms with van der Waals surface area (Å²) in [6.45, 7) is 2.27. The van der Waals surface area contributed by atoms with Gasteiger partial charge in [0.05, 0.1) is 13.0 Å². The SMILES string of the molecule is [CH2]SCCC(=O)OCC. The molecule has 0 aliphatic rings. The van der Waals surface area contributed by atoms with Gasteiger partial charge in [0.25, 0.3) is 0 Å². The molecule has 0 aromatic carbocycles. The summed E-state index contributed by atoms with van der Waals surface area (Å²) in [4.78, 5) is 10.5. The second-order valence-corrected chi connectivity index (χ2v) is 2.28. The first-order valence-electron chi connectivity index (χ1n) is 2.83. The minimum Gasteiger partial charge on any atom is -0.466 e. The van der Waals surface area contributed by atoms with Gasteiger partial charge in [-0.2, -0.15) is 11.8 Å². The molecule has 0 spiro atoms. The maximum Gasteiger partial charge on any atom is 0.306 e. The average Bonchev–Trinajstić information content (AvgIpc) is 1.85. The highest BCUT2D eigenvalue weighted by atomic mass is 32.2. The molecule has 0 aromatic heterocycles. The first-order chi connectivity index (χ1) is 4.31. The average molecular weight is 147 g/mol. The van der Waals surface area contributed by atoms with E-state index in [9.17, 15) is 4.79 Å². The van der Waals surface area contributed by atoms with Gasteiger partial charge in [0, 0.05) is 12.0 Å². The second kappa shape index (κ2) is 5.95. The molecule has 0 N–H and O–H groups in total. The number of esters is 1. The fourth-order valence-electron chi connectivity index (χ4n) is 0.389. The van der Waals surface area contributed by atoms with E-state index in [1.54, 1.807) is 6.92 Å². The molecule has 0 atom stereocenters. The van der Waals surface area contributed by atoms with Crippen LogP contribution in [0.4, 0.5) is 0 Å². The van der Waals surface area contributed by atoms with Crippen molar-refractivity contribution in [3.05, 3.63) is 6.26 Å². The van der Waals surface area contributed by atoms with E-state index in [1.165, 1.54) is 11.8 Å². The number of hydrogen-bond donors (Lipinski definition) is 0. The predicted octanol–water partition coefficient (Wildman–Crippen LogP) is 1.46. The molecule has 0 bridgehead atoms. The smallest absolute Gasteiger partial charge is 0.306 e. The molecular formula is C6H11O2S. The Balaban J connectivity index is 3.06. The highest BCUT2D eigenvalue weighted by molar-refractivity contribution is 8.00. The van der Waals surface area contributed by atoms with Crippen molar-refractivity contribution in [3.63, 3.8) is 0 Å². The second-order valence-electron chi connectivity index (χ2n) is 1.46. The van der Waals surface area contributed by atoms with Crippen LogP contribution in [0.2, 0.25) is 0 Å². The third kappa shape index (κ3) is 5.69. The number of thioether (sulfide) groups is 1. The normalized spacial score (nSPS) is 9.11. The summed E-state index contributed by atoms with van der Waals surface area (Å²) in [5.74, 6) is 0.618. The summed E-state index contributed by atoms with van der Waals surface area (Å²) in [5, 5.41) is 0. The molecule has 0 saturated heterocycles. The maximum atomic E-state index is 10.5. The molecule has 0 fully saturated rings. The van der Waals surface area contributed by atoms with Gasteiger partial charge in [-0.3, -0.25) is 4.79 Å². The molecule has 9 heavy (non-hydrogen) atoms. The quantitative estimate of drug-likeness (QED) is 0.563. The van der Waals surface area contributed by atoms with Crippen LogP contribution in [-0.4, -0.2) is 18.3 Å². The van der Waals surface area contributed by atoms with Gasteiger partial charge in [-0.1, -0.05) is 0 Å². The lowest BCUT2D eigenvalue weighted by Gasteiger charge is -1.97. The lowest BCUT2D eigenvalue weighted by molar-refractivity contribution is -0.142. The van der Waals surface area contributed by atoms with Gasteiger partial charge in [-0.25, -0.2) is 0 Å². The van der Waals surface area contributed by atoms with E-state index < -0.39 is 0 Å². The van der Waals surface area contributed by atoms with Crippen LogP contribution in [0.15, 0.2) is 0 Å². The Kier molecular flexibility index (Phi) is 5.83. The van der Waals surface area contributed by atoms with E-state index in [0.717, 1.165) is 5.75 Å². The molecule has 0 saturated carbocycles. The van der Waals surface area contributed by atoms with Gasteiger partial charge in [0.15, 0.2) is 0 Å². The van der Waals surface area contributed by atoms with E-state index in [1.807, 2.05) is 0 Å². The monoisotopic (exact) mass is 147 g/mol. The summed E-state index contributed by atoms with van der Waals surface area (Å²) in [7, 11) is 0. The number of carbonyl (C=O) groups excluding carboxylic acids is 1.